The van der Waals surface area contributed by atoms with Gasteiger partial charge in [0.2, 0.25) is 0 Å². The van der Waals surface area contributed by atoms with Gasteiger partial charge in [-0.2, -0.15) is 18.6 Å². The summed E-state index contributed by atoms with van der Waals surface area (Å²) in [4.78, 5) is 11.6. The number of hydrogen-bond donors (Lipinski definition) is 2. The van der Waals surface area contributed by atoms with Gasteiger partial charge in [0.15, 0.2) is 0 Å². The topological polar surface area (TPSA) is 186 Å². The van der Waals surface area contributed by atoms with E-state index < -0.39 is 10.1 Å². The fraction of sp³-hybridized carbons (Fsp3) is 0.432. The van der Waals surface area contributed by atoms with Gasteiger partial charge in [0.25, 0.3) is 10.1 Å². The summed E-state index contributed by atoms with van der Waals surface area (Å²) in [6.45, 7) is 17.2. The van der Waals surface area contributed by atoms with Gasteiger partial charge in [-0.25, -0.2) is 0 Å². The van der Waals surface area contributed by atoms with E-state index >= 15 is 0 Å². The number of aliphatic hydroxyl groups is 1. The van der Waals surface area contributed by atoms with E-state index in [1.807, 2.05) is 84.6 Å². The van der Waals surface area contributed by atoms with Crippen LogP contribution in [0.1, 0.15) is 72.1 Å². The lowest BCUT2D eigenvalue weighted by Crippen LogP contribution is -2.41. The summed E-state index contributed by atoms with van der Waals surface area (Å²) in [6, 6.07) is 10.9. The normalized spacial score (nSPS) is 17.6. The van der Waals surface area contributed by atoms with Crippen molar-refractivity contribution in [3.8, 4) is 0 Å². The maximum absolute atomic E-state index is 10.6. The summed E-state index contributed by atoms with van der Waals surface area (Å²) in [5, 5.41) is 19.5. The molecule has 5 aromatic rings. The second-order valence-corrected chi connectivity index (χ2v) is 16.5. The van der Waals surface area contributed by atoms with Crippen molar-refractivity contribution in [2.24, 2.45) is 0 Å². The van der Waals surface area contributed by atoms with Crippen molar-refractivity contribution in [2.75, 3.05) is 6.26 Å². The van der Waals surface area contributed by atoms with Crippen molar-refractivity contribution in [3.05, 3.63) is 115 Å². The van der Waals surface area contributed by atoms with E-state index in [0.29, 0.717) is 6.54 Å². The van der Waals surface area contributed by atoms with Crippen molar-refractivity contribution in [1.29, 1.82) is 0 Å². The molecule has 0 saturated carbocycles. The number of nitrogens with one attached hydrogen (secondary N) is 1. The summed E-state index contributed by atoms with van der Waals surface area (Å²) in [7, 11) is -4.01. The third-order valence-corrected chi connectivity index (χ3v) is 9.98. The standard InChI is InChI=1S/C15H20BN3O2.C9H15BN2O2.C7H9NO3S.C6H7NO/c1-14(2)15(3,4)21-16(20-14)13-9-18-19(11-13)10-12-5-7-17-8-6-12;1-8(2)9(3,4)14-10(13-8)7-5-11-12-6-7;1-12(9,10)11-6-7-2-4-8-5-3-7;8-5-6-1-3-7-4-2-6/h5-9,11H,10H2,1-4H3;5-6H,1-4H3,(H,11,12);2-5H,6H2,1H3;1-4,8H,5H2. The zero-order valence-corrected chi connectivity index (χ0v) is 33.7. The quantitative estimate of drug-likeness (QED) is 0.173. The molecule has 18 heteroatoms. The van der Waals surface area contributed by atoms with Gasteiger partial charge >= 0.3 is 14.2 Å². The van der Waals surface area contributed by atoms with Crippen LogP contribution < -0.4 is 10.9 Å². The smallest absolute Gasteiger partial charge is 0.399 e. The lowest BCUT2D eigenvalue weighted by molar-refractivity contribution is 0.00578. The highest BCUT2D eigenvalue weighted by molar-refractivity contribution is 7.85. The maximum Gasteiger partial charge on any atom is 0.498 e. The largest absolute Gasteiger partial charge is 0.498 e. The van der Waals surface area contributed by atoms with Crippen molar-refractivity contribution in [1.82, 2.24) is 34.9 Å². The molecule has 2 aliphatic heterocycles. The average Bonchev–Trinajstić information content (AvgIpc) is 3.92. The monoisotopic (exact) mass is 775 g/mol. The van der Waals surface area contributed by atoms with Crippen LogP contribution in [0.3, 0.4) is 0 Å². The second-order valence-electron chi connectivity index (χ2n) is 14.9. The minimum atomic E-state index is -3.34. The van der Waals surface area contributed by atoms with E-state index in [4.69, 9.17) is 23.7 Å². The van der Waals surface area contributed by atoms with Crippen molar-refractivity contribution in [3.63, 3.8) is 0 Å². The molecular formula is C37H51B2N7O8S. The number of H-pyrrole nitrogens is 1. The highest BCUT2D eigenvalue weighted by atomic mass is 32.2. The summed E-state index contributed by atoms with van der Waals surface area (Å²) in [6.07, 6.45) is 18.4. The first-order valence-corrected chi connectivity index (χ1v) is 19.5. The fourth-order valence-corrected chi connectivity index (χ4v) is 5.10. The predicted octanol–water partition coefficient (Wildman–Crippen LogP) is 3.47. The van der Waals surface area contributed by atoms with E-state index in [0.717, 1.165) is 33.9 Å². The van der Waals surface area contributed by atoms with E-state index in [9.17, 15) is 8.42 Å². The molecule has 15 nitrogen and oxygen atoms in total. The van der Waals surface area contributed by atoms with Crippen LogP contribution in [0.15, 0.2) is 98.4 Å². The Kier molecular flexibility index (Phi) is 14.7. The third kappa shape index (κ3) is 12.9. The molecule has 2 saturated heterocycles. The number of rotatable bonds is 8. The van der Waals surface area contributed by atoms with Crippen LogP contribution in [0.25, 0.3) is 0 Å². The minimum Gasteiger partial charge on any atom is -0.399 e. The first-order chi connectivity index (χ1) is 25.8. The van der Waals surface area contributed by atoms with E-state index in [-0.39, 0.29) is 49.9 Å². The molecule has 0 unspecified atom stereocenters. The molecule has 0 radical (unpaired) electrons. The Morgan fingerprint density at radius 3 is 1.53 bits per heavy atom. The molecule has 0 bridgehead atoms. The minimum absolute atomic E-state index is 0.0708. The van der Waals surface area contributed by atoms with Gasteiger partial charge in [-0.3, -0.25) is 28.9 Å². The van der Waals surface area contributed by atoms with Crippen LogP contribution >= 0.6 is 0 Å². The molecule has 294 valence electrons. The Labute approximate surface area is 324 Å². The number of aliphatic hydroxyl groups excluding tert-OH is 1. The second kappa shape index (κ2) is 18.6. The van der Waals surface area contributed by atoms with Crippen LogP contribution in [-0.2, 0) is 52.7 Å². The molecule has 2 N–H and O–H groups in total. The molecule has 2 fully saturated rings. The van der Waals surface area contributed by atoms with Crippen molar-refractivity contribution in [2.45, 2.75) is 97.6 Å². The van der Waals surface area contributed by atoms with E-state index in [2.05, 4.69) is 34.4 Å². The Bertz CT molecular complexity index is 1950. The Morgan fingerprint density at radius 1 is 0.691 bits per heavy atom. The first kappa shape index (κ1) is 43.4. The molecule has 55 heavy (non-hydrogen) atoms. The number of pyridine rings is 3. The molecular weight excluding hydrogens is 724 g/mol. The van der Waals surface area contributed by atoms with Gasteiger partial charge < -0.3 is 23.7 Å². The summed E-state index contributed by atoms with van der Waals surface area (Å²) in [5.41, 5.74) is 3.51. The molecule has 0 amide bonds. The van der Waals surface area contributed by atoms with Crippen LogP contribution in [0.5, 0.6) is 0 Å². The number of aromatic nitrogens is 7. The van der Waals surface area contributed by atoms with Gasteiger partial charge in [-0.1, -0.05) is 0 Å². The van der Waals surface area contributed by atoms with Gasteiger partial charge in [0, 0.05) is 72.9 Å². The van der Waals surface area contributed by atoms with Gasteiger partial charge in [0.05, 0.1) is 48.4 Å². The Hall–Kier alpha value is -4.29. The maximum atomic E-state index is 10.6. The van der Waals surface area contributed by atoms with Crippen LogP contribution in [0.4, 0.5) is 0 Å². The van der Waals surface area contributed by atoms with Gasteiger partial charge in [-0.05, 0) is 108 Å². The zero-order valence-electron chi connectivity index (χ0n) is 32.9. The molecule has 0 aliphatic carbocycles. The van der Waals surface area contributed by atoms with Gasteiger partial charge in [-0.15, -0.1) is 0 Å². The van der Waals surface area contributed by atoms with Crippen LogP contribution in [0, 0.1) is 0 Å². The van der Waals surface area contributed by atoms with Crippen LogP contribution in [0.2, 0.25) is 0 Å². The highest BCUT2D eigenvalue weighted by Crippen LogP contribution is 2.37. The summed E-state index contributed by atoms with van der Waals surface area (Å²) >= 11 is 0. The third-order valence-electron chi connectivity index (χ3n) is 9.44. The first-order valence-electron chi connectivity index (χ1n) is 17.6. The SMILES string of the molecule is CC1(C)OB(c2cn[nH]c2)OC1(C)C.CC1(C)OB(c2cnn(Cc3ccncc3)c2)OC1(C)C.CS(=O)(=O)OCc1ccncc1.OCc1ccncc1. The molecule has 2 aliphatic rings. The van der Waals surface area contributed by atoms with E-state index in [1.54, 1.807) is 73.8 Å². The molecule has 0 atom stereocenters. The lowest BCUT2D eigenvalue weighted by Gasteiger charge is -2.32. The molecule has 0 aromatic carbocycles. The molecule has 5 aromatic heterocycles. The lowest BCUT2D eigenvalue weighted by atomic mass is 9.82. The van der Waals surface area contributed by atoms with Crippen molar-refractivity contribution < 1.29 is 36.3 Å². The highest BCUT2D eigenvalue weighted by Gasteiger charge is 2.53. The van der Waals surface area contributed by atoms with E-state index in [1.165, 1.54) is 0 Å². The molecule has 7 heterocycles. The molecule has 7 rings (SSSR count). The summed E-state index contributed by atoms with van der Waals surface area (Å²) in [5.74, 6) is 0. The number of nitrogens with zero attached hydrogens (tertiary/aromatic N) is 6. The molecule has 0 spiro atoms. The Balaban J connectivity index is 0.000000173. The average molecular weight is 776 g/mol. The fourth-order valence-electron chi connectivity index (χ4n) is 4.75. The Morgan fingerprint density at radius 2 is 1.13 bits per heavy atom. The number of aromatic amines is 1. The predicted molar refractivity (Wildman–Crippen MR) is 210 cm³/mol. The van der Waals surface area contributed by atoms with Crippen LogP contribution in [-0.4, -0.2) is 91.4 Å². The number of hydrogen-bond acceptors (Lipinski definition) is 13. The zero-order chi connectivity index (χ0) is 40.3. The van der Waals surface area contributed by atoms with Gasteiger partial charge in [0.1, 0.15) is 0 Å². The van der Waals surface area contributed by atoms with Crippen molar-refractivity contribution >= 4 is 35.3 Å². The summed E-state index contributed by atoms with van der Waals surface area (Å²) < 4.78 is 51.3.